The fourth-order valence-electron chi connectivity index (χ4n) is 3.45. The topological polar surface area (TPSA) is 74.3 Å². The number of hydrogen-bond acceptors (Lipinski definition) is 4. The zero-order valence-electron chi connectivity index (χ0n) is 14.9. The minimum atomic E-state index is -0.460. The molecule has 2 amide bonds. The smallest absolute Gasteiger partial charge is 0.241 e. The van der Waals surface area contributed by atoms with Gasteiger partial charge < -0.3 is 10.6 Å². The van der Waals surface area contributed by atoms with Crippen molar-refractivity contribution in [3.8, 4) is 0 Å². The van der Waals surface area contributed by atoms with Gasteiger partial charge in [0.05, 0.1) is 6.04 Å². The highest BCUT2D eigenvalue weighted by atomic mass is 16.2. The van der Waals surface area contributed by atoms with Gasteiger partial charge in [-0.15, -0.1) is 0 Å². The zero-order valence-corrected chi connectivity index (χ0v) is 14.9. The van der Waals surface area contributed by atoms with Crippen LogP contribution in [0.1, 0.15) is 30.0 Å². The third-order valence-corrected chi connectivity index (χ3v) is 4.73. The lowest BCUT2D eigenvalue weighted by atomic mass is 10.0. The van der Waals surface area contributed by atoms with Crippen molar-refractivity contribution in [2.24, 2.45) is 0 Å². The van der Waals surface area contributed by atoms with Crippen LogP contribution in [0.5, 0.6) is 0 Å². The Kier molecular flexibility index (Phi) is 5.96. The Labute approximate surface area is 153 Å². The van der Waals surface area contributed by atoms with E-state index in [4.69, 9.17) is 0 Å². The van der Waals surface area contributed by atoms with Crippen LogP contribution in [0.25, 0.3) is 0 Å². The summed E-state index contributed by atoms with van der Waals surface area (Å²) in [6.07, 6.45) is 5.09. The lowest BCUT2D eigenvalue weighted by Gasteiger charge is -2.31. The molecule has 2 atom stereocenters. The molecule has 2 unspecified atom stereocenters. The second kappa shape index (κ2) is 8.58. The van der Waals surface area contributed by atoms with Gasteiger partial charge in [-0.25, -0.2) is 0 Å². The molecule has 1 saturated heterocycles. The third kappa shape index (κ3) is 4.08. The van der Waals surface area contributed by atoms with E-state index in [-0.39, 0.29) is 17.9 Å². The third-order valence-electron chi connectivity index (χ3n) is 4.73. The molecule has 26 heavy (non-hydrogen) atoms. The molecule has 136 valence electrons. The summed E-state index contributed by atoms with van der Waals surface area (Å²) in [6, 6.07) is 12.6. The zero-order chi connectivity index (χ0) is 18.4. The maximum Gasteiger partial charge on any atom is 0.241 e. The van der Waals surface area contributed by atoms with Gasteiger partial charge in [-0.1, -0.05) is 36.4 Å². The summed E-state index contributed by atoms with van der Waals surface area (Å²) in [5.74, 6) is -0.139. The highest BCUT2D eigenvalue weighted by Crippen LogP contribution is 2.30. The molecule has 1 fully saturated rings. The number of nitrogens with one attached hydrogen (secondary N) is 2. The van der Waals surface area contributed by atoms with Crippen LogP contribution in [-0.2, 0) is 16.1 Å². The predicted molar refractivity (Wildman–Crippen MR) is 99.1 cm³/mol. The van der Waals surface area contributed by atoms with Crippen molar-refractivity contribution in [1.29, 1.82) is 0 Å². The standard InChI is InChI=1S/C20H24N4O2/c1-21-20(26)18(16-8-3-2-4-9-16)24-12-6-10-17(24)19(25)23-14-15-7-5-11-22-13-15/h2-5,7-9,11,13,17-18H,6,10,12,14H2,1H3,(H,21,26)(H,23,25). The molecule has 1 aromatic heterocycles. The lowest BCUT2D eigenvalue weighted by molar-refractivity contribution is -0.131. The van der Waals surface area contributed by atoms with Gasteiger partial charge in [0, 0.05) is 32.5 Å². The van der Waals surface area contributed by atoms with Crippen molar-refractivity contribution in [2.75, 3.05) is 13.6 Å². The van der Waals surface area contributed by atoms with Gasteiger partial charge in [-0.2, -0.15) is 0 Å². The minimum absolute atomic E-state index is 0.0452. The molecule has 2 N–H and O–H groups in total. The molecule has 0 spiro atoms. The van der Waals surface area contributed by atoms with Crippen LogP contribution in [0.4, 0.5) is 0 Å². The molecule has 1 aliphatic heterocycles. The lowest BCUT2D eigenvalue weighted by Crippen LogP contribution is -2.48. The molecule has 2 heterocycles. The summed E-state index contributed by atoms with van der Waals surface area (Å²) in [5, 5.41) is 5.72. The van der Waals surface area contributed by atoms with Crippen molar-refractivity contribution in [2.45, 2.75) is 31.5 Å². The summed E-state index contributed by atoms with van der Waals surface area (Å²) in [6.45, 7) is 1.16. The number of carbonyl (C=O) groups excluding carboxylic acids is 2. The van der Waals surface area contributed by atoms with Gasteiger partial charge in [0.25, 0.3) is 0 Å². The monoisotopic (exact) mass is 352 g/mol. The Morgan fingerprint density at radius 2 is 2.04 bits per heavy atom. The SMILES string of the molecule is CNC(=O)C(c1ccccc1)N1CCCC1C(=O)NCc1cccnc1. The average molecular weight is 352 g/mol. The predicted octanol–water partition coefficient (Wildman–Crippen LogP) is 1.65. The molecular weight excluding hydrogens is 328 g/mol. The number of pyridine rings is 1. The van der Waals surface area contributed by atoms with E-state index >= 15 is 0 Å². The van der Waals surface area contributed by atoms with Crippen LogP contribution in [0, 0.1) is 0 Å². The quantitative estimate of drug-likeness (QED) is 0.829. The maximum absolute atomic E-state index is 12.8. The van der Waals surface area contributed by atoms with Crippen molar-refractivity contribution in [3.63, 3.8) is 0 Å². The number of likely N-dealkylation sites (tertiary alicyclic amines) is 1. The number of hydrogen-bond donors (Lipinski definition) is 2. The highest BCUT2D eigenvalue weighted by molar-refractivity contribution is 5.86. The van der Waals surface area contributed by atoms with Crippen LogP contribution in [0.3, 0.4) is 0 Å². The molecule has 0 aliphatic carbocycles. The van der Waals surface area contributed by atoms with E-state index in [1.807, 2.05) is 47.4 Å². The van der Waals surface area contributed by atoms with Crippen LogP contribution in [0.2, 0.25) is 0 Å². The first-order valence-electron chi connectivity index (χ1n) is 8.89. The van der Waals surface area contributed by atoms with Crippen LogP contribution in [0.15, 0.2) is 54.9 Å². The molecule has 3 rings (SSSR count). The average Bonchev–Trinajstić information content (AvgIpc) is 3.17. The van der Waals surface area contributed by atoms with Gasteiger partial charge in [0.15, 0.2) is 0 Å². The van der Waals surface area contributed by atoms with E-state index < -0.39 is 6.04 Å². The fourth-order valence-corrected chi connectivity index (χ4v) is 3.45. The summed E-state index contributed by atoms with van der Waals surface area (Å²) >= 11 is 0. The van der Waals surface area contributed by atoms with Gasteiger partial charge >= 0.3 is 0 Å². The summed E-state index contributed by atoms with van der Waals surface area (Å²) in [7, 11) is 1.63. The molecule has 2 aromatic rings. The molecule has 0 saturated carbocycles. The molecule has 1 aromatic carbocycles. The summed E-state index contributed by atoms with van der Waals surface area (Å²) < 4.78 is 0. The molecule has 6 nitrogen and oxygen atoms in total. The van der Waals surface area contributed by atoms with Crippen molar-refractivity contribution < 1.29 is 9.59 Å². The number of carbonyl (C=O) groups is 2. The van der Waals surface area contributed by atoms with Gasteiger partial charge in [0.1, 0.15) is 6.04 Å². The Hall–Kier alpha value is -2.73. The number of likely N-dealkylation sites (N-methyl/N-ethyl adjacent to an activating group) is 1. The summed E-state index contributed by atoms with van der Waals surface area (Å²) in [5.41, 5.74) is 1.86. The van der Waals surface area contributed by atoms with Crippen LogP contribution >= 0.6 is 0 Å². The Bertz CT molecular complexity index is 736. The molecule has 0 bridgehead atoms. The van der Waals surface area contributed by atoms with E-state index in [0.29, 0.717) is 6.54 Å². The maximum atomic E-state index is 12.8. The van der Waals surface area contributed by atoms with Crippen LogP contribution < -0.4 is 10.6 Å². The fraction of sp³-hybridized carbons (Fsp3) is 0.350. The van der Waals surface area contributed by atoms with Crippen molar-refractivity contribution in [3.05, 3.63) is 66.0 Å². The molecule has 6 heteroatoms. The molecule has 1 aliphatic rings. The Balaban J connectivity index is 1.74. The molecular formula is C20H24N4O2. The van der Waals surface area contributed by atoms with E-state index in [0.717, 1.165) is 30.5 Å². The number of nitrogens with zero attached hydrogens (tertiary/aromatic N) is 2. The first kappa shape index (κ1) is 18.1. The van der Waals surface area contributed by atoms with Gasteiger partial charge in [0.2, 0.25) is 11.8 Å². The van der Waals surface area contributed by atoms with E-state index in [1.165, 1.54) is 0 Å². The molecule has 0 radical (unpaired) electrons. The number of aromatic nitrogens is 1. The summed E-state index contributed by atoms with van der Waals surface area (Å²) in [4.78, 5) is 31.4. The van der Waals surface area contributed by atoms with E-state index in [1.54, 1.807) is 19.4 Å². The van der Waals surface area contributed by atoms with Gasteiger partial charge in [-0.05, 0) is 30.0 Å². The Morgan fingerprint density at radius 1 is 1.23 bits per heavy atom. The normalized spacial score (nSPS) is 18.3. The first-order valence-corrected chi connectivity index (χ1v) is 8.89. The second-order valence-corrected chi connectivity index (χ2v) is 6.40. The number of benzene rings is 1. The number of amides is 2. The largest absolute Gasteiger partial charge is 0.358 e. The van der Waals surface area contributed by atoms with Crippen molar-refractivity contribution in [1.82, 2.24) is 20.5 Å². The minimum Gasteiger partial charge on any atom is -0.358 e. The van der Waals surface area contributed by atoms with E-state index in [9.17, 15) is 9.59 Å². The second-order valence-electron chi connectivity index (χ2n) is 6.40. The van der Waals surface area contributed by atoms with Crippen molar-refractivity contribution >= 4 is 11.8 Å². The van der Waals surface area contributed by atoms with E-state index in [2.05, 4.69) is 15.6 Å². The highest BCUT2D eigenvalue weighted by Gasteiger charge is 2.38. The number of rotatable bonds is 6. The first-order chi connectivity index (χ1) is 12.7. The van der Waals surface area contributed by atoms with Crippen LogP contribution in [-0.4, -0.2) is 41.3 Å². The Morgan fingerprint density at radius 3 is 2.73 bits per heavy atom. The van der Waals surface area contributed by atoms with Gasteiger partial charge in [-0.3, -0.25) is 19.5 Å².